The molecule has 0 bridgehead atoms. The topological polar surface area (TPSA) is 95.4 Å². The first kappa shape index (κ1) is 13.0. The zero-order chi connectivity index (χ0) is 15.0. The van der Waals surface area contributed by atoms with Crippen molar-refractivity contribution in [1.29, 1.82) is 0 Å². The Balaban J connectivity index is 2.25. The lowest BCUT2D eigenvalue weighted by molar-refractivity contribution is 0.112. The van der Waals surface area contributed by atoms with E-state index in [9.17, 15) is 15.0 Å². The predicted molar refractivity (Wildman–Crippen MR) is 76.8 cm³/mol. The normalized spacial score (nSPS) is 10.7. The quantitative estimate of drug-likeness (QED) is 0.507. The Morgan fingerprint density at radius 1 is 1.24 bits per heavy atom. The van der Waals surface area contributed by atoms with E-state index < -0.39 is 0 Å². The number of hydrogen-bond donors (Lipinski definition) is 3. The van der Waals surface area contributed by atoms with Gasteiger partial charge in [-0.1, -0.05) is 0 Å². The van der Waals surface area contributed by atoms with Gasteiger partial charge in [0.15, 0.2) is 11.5 Å². The molecule has 0 radical (unpaired) electrons. The molecule has 0 fully saturated rings. The fourth-order valence-electron chi connectivity index (χ4n) is 2.21. The van der Waals surface area contributed by atoms with Gasteiger partial charge in [0.25, 0.3) is 0 Å². The number of aromatic hydroxyl groups is 2. The molecule has 1 aromatic heterocycles. The molecule has 0 saturated carbocycles. The summed E-state index contributed by atoms with van der Waals surface area (Å²) in [6.45, 7) is 0. The number of benzene rings is 2. The molecule has 106 valence electrons. The van der Waals surface area contributed by atoms with Crippen LogP contribution < -0.4 is 4.74 Å². The van der Waals surface area contributed by atoms with Gasteiger partial charge < -0.3 is 14.9 Å². The lowest BCUT2D eigenvalue weighted by atomic mass is 10.0. The van der Waals surface area contributed by atoms with Crippen LogP contribution in [0.3, 0.4) is 0 Å². The van der Waals surface area contributed by atoms with Gasteiger partial charge in [-0.05, 0) is 30.3 Å². The van der Waals surface area contributed by atoms with E-state index in [-0.39, 0.29) is 17.2 Å². The number of phenolic OH excluding ortho intramolecular Hbond substituents is 2. The van der Waals surface area contributed by atoms with Crippen molar-refractivity contribution in [3.05, 3.63) is 35.9 Å². The van der Waals surface area contributed by atoms with Crippen LogP contribution in [0.4, 0.5) is 0 Å². The van der Waals surface area contributed by atoms with Crippen LogP contribution in [0.1, 0.15) is 10.4 Å². The second-order valence-corrected chi connectivity index (χ2v) is 4.54. The number of nitrogens with zero attached hydrogens (tertiary/aromatic N) is 1. The van der Waals surface area contributed by atoms with Gasteiger partial charge in [0.2, 0.25) is 5.75 Å². The first-order valence-electron chi connectivity index (χ1n) is 6.17. The molecule has 6 nitrogen and oxygen atoms in total. The van der Waals surface area contributed by atoms with Gasteiger partial charge in [0.05, 0.1) is 12.6 Å². The summed E-state index contributed by atoms with van der Waals surface area (Å²) < 4.78 is 5.02. The number of aromatic amines is 1. The molecule has 0 aliphatic rings. The van der Waals surface area contributed by atoms with E-state index >= 15 is 0 Å². The fourth-order valence-corrected chi connectivity index (χ4v) is 2.21. The van der Waals surface area contributed by atoms with E-state index in [0.717, 1.165) is 17.2 Å². The Hall–Kier alpha value is -3.02. The van der Waals surface area contributed by atoms with Crippen LogP contribution in [0.2, 0.25) is 0 Å². The summed E-state index contributed by atoms with van der Waals surface area (Å²) in [7, 11) is 1.39. The summed E-state index contributed by atoms with van der Waals surface area (Å²) in [6.07, 6.45) is 0.755. The molecule has 1 heterocycles. The van der Waals surface area contributed by atoms with Gasteiger partial charge >= 0.3 is 0 Å². The molecule has 0 aliphatic heterocycles. The second kappa shape index (κ2) is 4.82. The van der Waals surface area contributed by atoms with Gasteiger partial charge in [0, 0.05) is 16.5 Å². The highest BCUT2D eigenvalue weighted by Crippen LogP contribution is 2.40. The van der Waals surface area contributed by atoms with Crippen LogP contribution in [0.25, 0.3) is 22.2 Å². The van der Waals surface area contributed by atoms with Crippen LogP contribution in [-0.2, 0) is 0 Å². The largest absolute Gasteiger partial charge is 0.504 e. The molecule has 0 aliphatic carbocycles. The van der Waals surface area contributed by atoms with Crippen LogP contribution in [0, 0.1) is 0 Å². The second-order valence-electron chi connectivity index (χ2n) is 4.54. The third kappa shape index (κ3) is 2.06. The Morgan fingerprint density at radius 2 is 2.05 bits per heavy atom. The van der Waals surface area contributed by atoms with Crippen LogP contribution in [0.5, 0.6) is 17.2 Å². The van der Waals surface area contributed by atoms with E-state index in [2.05, 4.69) is 10.2 Å². The van der Waals surface area contributed by atoms with Crippen molar-refractivity contribution in [2.24, 2.45) is 0 Å². The monoisotopic (exact) mass is 284 g/mol. The lowest BCUT2D eigenvalue weighted by Crippen LogP contribution is -1.87. The molecular formula is C15H12N2O4. The van der Waals surface area contributed by atoms with Crippen molar-refractivity contribution in [3.8, 4) is 28.5 Å². The third-order valence-electron chi connectivity index (χ3n) is 3.27. The molecule has 0 spiro atoms. The molecule has 3 N–H and O–H groups in total. The van der Waals surface area contributed by atoms with E-state index in [1.165, 1.54) is 13.2 Å². The first-order valence-corrected chi connectivity index (χ1v) is 6.17. The SMILES string of the molecule is COc1cc(-c2n[nH]c3ccc(C=O)cc23)cc(O)c1O. The summed E-state index contributed by atoms with van der Waals surface area (Å²) >= 11 is 0. The van der Waals surface area contributed by atoms with Crippen molar-refractivity contribution in [3.63, 3.8) is 0 Å². The third-order valence-corrected chi connectivity index (χ3v) is 3.27. The van der Waals surface area contributed by atoms with E-state index in [1.54, 1.807) is 24.3 Å². The Kier molecular flexibility index (Phi) is 2.98. The minimum absolute atomic E-state index is 0.146. The average Bonchev–Trinajstić information content (AvgIpc) is 2.92. The van der Waals surface area contributed by atoms with E-state index in [0.29, 0.717) is 16.8 Å². The Bertz CT molecular complexity index is 839. The number of H-pyrrole nitrogens is 1. The average molecular weight is 284 g/mol. The molecule has 0 saturated heterocycles. The number of ether oxygens (including phenoxy) is 1. The Morgan fingerprint density at radius 3 is 2.76 bits per heavy atom. The molecule has 2 aromatic carbocycles. The summed E-state index contributed by atoms with van der Waals surface area (Å²) in [4.78, 5) is 10.9. The lowest BCUT2D eigenvalue weighted by Gasteiger charge is -2.07. The zero-order valence-electron chi connectivity index (χ0n) is 11.1. The van der Waals surface area contributed by atoms with Crippen molar-refractivity contribution < 1.29 is 19.7 Å². The highest BCUT2D eigenvalue weighted by atomic mass is 16.5. The number of carbonyl (C=O) groups excluding carboxylic acids is 1. The number of methoxy groups -OCH3 is 1. The first-order chi connectivity index (χ1) is 10.1. The minimum atomic E-state index is -0.324. The van der Waals surface area contributed by atoms with Crippen molar-refractivity contribution in [1.82, 2.24) is 10.2 Å². The molecule has 6 heteroatoms. The molecule has 0 atom stereocenters. The summed E-state index contributed by atoms with van der Waals surface area (Å²) in [5, 5.41) is 27.2. The van der Waals surface area contributed by atoms with Crippen molar-refractivity contribution in [2.75, 3.05) is 7.11 Å². The molecule has 21 heavy (non-hydrogen) atoms. The highest BCUT2D eigenvalue weighted by Gasteiger charge is 2.15. The number of nitrogens with one attached hydrogen (secondary N) is 1. The minimum Gasteiger partial charge on any atom is -0.504 e. The van der Waals surface area contributed by atoms with Crippen molar-refractivity contribution in [2.45, 2.75) is 0 Å². The molecule has 0 amide bonds. The zero-order valence-corrected chi connectivity index (χ0v) is 11.1. The van der Waals surface area contributed by atoms with E-state index in [1.807, 2.05) is 0 Å². The van der Waals surface area contributed by atoms with Gasteiger partial charge in [0.1, 0.15) is 12.0 Å². The standard InChI is InChI=1S/C15H12N2O4/c1-21-13-6-9(5-12(19)15(13)20)14-10-4-8(7-18)2-3-11(10)16-17-14/h2-7,19-20H,1H3,(H,16,17). The number of carbonyl (C=O) groups is 1. The van der Waals surface area contributed by atoms with Gasteiger partial charge in [-0.25, -0.2) is 0 Å². The maximum atomic E-state index is 10.9. The smallest absolute Gasteiger partial charge is 0.200 e. The highest BCUT2D eigenvalue weighted by molar-refractivity contribution is 5.96. The summed E-state index contributed by atoms with van der Waals surface area (Å²) in [5.74, 6) is -0.477. The maximum absolute atomic E-state index is 10.9. The number of aldehydes is 1. The maximum Gasteiger partial charge on any atom is 0.200 e. The summed E-state index contributed by atoms with van der Waals surface area (Å²) in [5.41, 5.74) is 2.42. The number of rotatable bonds is 3. The number of phenols is 2. The van der Waals surface area contributed by atoms with Crippen LogP contribution >= 0.6 is 0 Å². The number of fused-ring (bicyclic) bond motifs is 1. The summed E-state index contributed by atoms with van der Waals surface area (Å²) in [6, 6.07) is 8.11. The van der Waals surface area contributed by atoms with Crippen molar-refractivity contribution >= 4 is 17.2 Å². The fraction of sp³-hybridized carbons (Fsp3) is 0.0667. The predicted octanol–water partition coefficient (Wildman–Crippen LogP) is 2.46. The van der Waals surface area contributed by atoms with Gasteiger partial charge in [-0.3, -0.25) is 9.89 Å². The molecule has 3 aromatic rings. The number of aromatic nitrogens is 2. The molecular weight excluding hydrogens is 272 g/mol. The molecule has 0 unspecified atom stereocenters. The van der Waals surface area contributed by atoms with Crippen LogP contribution in [0.15, 0.2) is 30.3 Å². The molecule has 3 rings (SSSR count). The Labute approximate surface area is 119 Å². The van der Waals surface area contributed by atoms with Gasteiger partial charge in [-0.2, -0.15) is 5.10 Å². The van der Waals surface area contributed by atoms with Gasteiger partial charge in [-0.15, -0.1) is 0 Å². The van der Waals surface area contributed by atoms with Crippen LogP contribution in [-0.4, -0.2) is 33.8 Å². The number of hydrogen-bond acceptors (Lipinski definition) is 5. The van der Waals surface area contributed by atoms with E-state index in [4.69, 9.17) is 4.74 Å².